The Morgan fingerprint density at radius 3 is 2.30 bits per heavy atom. The summed E-state index contributed by atoms with van der Waals surface area (Å²) in [4.78, 5) is 12.1. The predicted octanol–water partition coefficient (Wildman–Crippen LogP) is 5.03. The summed E-state index contributed by atoms with van der Waals surface area (Å²) in [5.41, 5.74) is 5.01. The lowest BCUT2D eigenvalue weighted by Crippen LogP contribution is -2.09. The van der Waals surface area contributed by atoms with E-state index in [9.17, 15) is 4.79 Å². The van der Waals surface area contributed by atoms with Crippen molar-refractivity contribution < 1.29 is 9.53 Å². The van der Waals surface area contributed by atoms with E-state index in [2.05, 4.69) is 21.2 Å². The number of carbonyl (C=O) groups excluding carboxylic acids is 1. The number of rotatable bonds is 4. The molecule has 0 aromatic heterocycles. The summed E-state index contributed by atoms with van der Waals surface area (Å²) < 4.78 is 6.24. The van der Waals surface area contributed by atoms with E-state index in [0.29, 0.717) is 0 Å². The largest absolute Gasteiger partial charge is 0.497 e. The van der Waals surface area contributed by atoms with Crippen molar-refractivity contribution in [3.63, 3.8) is 0 Å². The number of hydrogen-bond acceptors (Lipinski definition) is 2. The zero-order valence-corrected chi connectivity index (χ0v) is 15.3. The van der Waals surface area contributed by atoms with Crippen LogP contribution in [0, 0.1) is 20.8 Å². The van der Waals surface area contributed by atoms with Crippen LogP contribution in [0.2, 0.25) is 0 Å². The van der Waals surface area contributed by atoms with Gasteiger partial charge in [0.2, 0.25) is 5.91 Å². The van der Waals surface area contributed by atoms with E-state index < -0.39 is 0 Å². The first-order valence-electron chi connectivity index (χ1n) is 7.31. The molecule has 0 unspecified atom stereocenters. The number of hydrogen-bond donors (Lipinski definition) is 1. The number of amides is 1. The number of carbonyl (C=O) groups is 1. The number of methoxy groups -OCH3 is 1. The third-order valence-corrected chi connectivity index (χ3v) is 4.14. The Balaban J connectivity index is 2.15. The van der Waals surface area contributed by atoms with Crippen molar-refractivity contribution in [1.29, 1.82) is 0 Å². The number of benzene rings is 2. The molecule has 0 saturated heterocycles. The molecule has 0 aliphatic heterocycles. The average Bonchev–Trinajstić information content (AvgIpc) is 2.49. The van der Waals surface area contributed by atoms with Gasteiger partial charge in [-0.25, -0.2) is 0 Å². The van der Waals surface area contributed by atoms with Crippen molar-refractivity contribution in [3.8, 4) is 5.75 Å². The molecule has 3 nitrogen and oxygen atoms in total. The second-order valence-electron chi connectivity index (χ2n) is 5.46. The molecule has 120 valence electrons. The summed E-state index contributed by atoms with van der Waals surface area (Å²) in [5, 5.41) is 2.90. The maximum atomic E-state index is 12.1. The van der Waals surface area contributed by atoms with Crippen LogP contribution in [0.1, 0.15) is 22.3 Å². The smallest absolute Gasteiger partial charge is 0.248 e. The van der Waals surface area contributed by atoms with Crippen LogP contribution in [0.25, 0.3) is 6.08 Å². The first-order valence-corrected chi connectivity index (χ1v) is 8.10. The van der Waals surface area contributed by atoms with Gasteiger partial charge in [-0.05, 0) is 79.4 Å². The fourth-order valence-corrected chi connectivity index (χ4v) is 2.89. The Morgan fingerprint density at radius 1 is 1.09 bits per heavy atom. The van der Waals surface area contributed by atoms with Crippen LogP contribution < -0.4 is 10.1 Å². The summed E-state index contributed by atoms with van der Waals surface area (Å²) in [7, 11) is 1.65. The first kappa shape index (κ1) is 17.3. The number of aryl methyl sites for hydroxylation is 3. The van der Waals surface area contributed by atoms with Gasteiger partial charge in [0.05, 0.1) is 7.11 Å². The highest BCUT2D eigenvalue weighted by atomic mass is 79.9. The van der Waals surface area contributed by atoms with Gasteiger partial charge in [0.15, 0.2) is 0 Å². The molecule has 0 heterocycles. The van der Waals surface area contributed by atoms with Crippen LogP contribution in [-0.4, -0.2) is 13.0 Å². The molecule has 1 N–H and O–H groups in total. The van der Waals surface area contributed by atoms with Gasteiger partial charge in [0.25, 0.3) is 0 Å². The van der Waals surface area contributed by atoms with Crippen LogP contribution >= 0.6 is 15.9 Å². The van der Waals surface area contributed by atoms with E-state index in [1.54, 1.807) is 13.2 Å². The Bertz CT molecular complexity index is 743. The lowest BCUT2D eigenvalue weighted by Gasteiger charge is -2.09. The molecule has 2 aromatic rings. The summed E-state index contributed by atoms with van der Waals surface area (Å²) in [6, 6.07) is 9.68. The van der Waals surface area contributed by atoms with Gasteiger partial charge >= 0.3 is 0 Å². The number of halogens is 1. The minimum absolute atomic E-state index is 0.148. The maximum Gasteiger partial charge on any atom is 0.248 e. The standard InChI is InChI=1S/C19H20BrNO2/c1-12-10-16(23-4)11-13(2)17(12)6-8-19(22)21-18-7-5-15(20)9-14(18)3/h5-11H,1-4H3,(H,21,22)/b8-6+. The molecule has 2 aromatic carbocycles. The van der Waals surface area contributed by atoms with Gasteiger partial charge in [-0.15, -0.1) is 0 Å². The van der Waals surface area contributed by atoms with Gasteiger partial charge in [0.1, 0.15) is 5.75 Å². The Morgan fingerprint density at radius 2 is 1.74 bits per heavy atom. The molecule has 0 saturated carbocycles. The summed E-state index contributed by atoms with van der Waals surface area (Å²) in [6.07, 6.45) is 3.40. The average molecular weight is 374 g/mol. The van der Waals surface area contributed by atoms with Crippen molar-refractivity contribution in [3.05, 3.63) is 63.1 Å². The summed E-state index contributed by atoms with van der Waals surface area (Å²) in [5.74, 6) is 0.678. The van der Waals surface area contributed by atoms with Gasteiger partial charge in [-0.3, -0.25) is 4.79 Å². The van der Waals surface area contributed by atoms with Crippen molar-refractivity contribution in [1.82, 2.24) is 0 Å². The number of ether oxygens (including phenoxy) is 1. The highest BCUT2D eigenvalue weighted by molar-refractivity contribution is 9.10. The van der Waals surface area contributed by atoms with E-state index >= 15 is 0 Å². The fraction of sp³-hybridized carbons (Fsp3) is 0.211. The SMILES string of the molecule is COc1cc(C)c(/C=C/C(=O)Nc2ccc(Br)cc2C)c(C)c1. The van der Waals surface area contributed by atoms with Crippen LogP contribution in [0.4, 0.5) is 5.69 Å². The Labute approximate surface area is 145 Å². The Hall–Kier alpha value is -2.07. The molecule has 0 bridgehead atoms. The lowest BCUT2D eigenvalue weighted by molar-refractivity contribution is -0.111. The van der Waals surface area contributed by atoms with Crippen molar-refractivity contribution in [2.24, 2.45) is 0 Å². The first-order chi connectivity index (χ1) is 10.9. The van der Waals surface area contributed by atoms with Crippen LogP contribution in [-0.2, 0) is 4.79 Å². The molecule has 2 rings (SSSR count). The molecular formula is C19H20BrNO2. The molecule has 0 atom stereocenters. The monoisotopic (exact) mass is 373 g/mol. The molecule has 4 heteroatoms. The highest BCUT2D eigenvalue weighted by Crippen LogP contribution is 2.23. The minimum Gasteiger partial charge on any atom is -0.497 e. The third kappa shape index (κ3) is 4.45. The van der Waals surface area contributed by atoms with E-state index in [1.807, 2.05) is 57.2 Å². The third-order valence-electron chi connectivity index (χ3n) is 3.65. The van der Waals surface area contributed by atoms with E-state index in [-0.39, 0.29) is 5.91 Å². The van der Waals surface area contributed by atoms with Crippen molar-refractivity contribution in [2.75, 3.05) is 12.4 Å². The van der Waals surface area contributed by atoms with Gasteiger partial charge in [0, 0.05) is 16.2 Å². The quantitative estimate of drug-likeness (QED) is 0.762. The second-order valence-corrected chi connectivity index (χ2v) is 6.37. The van der Waals surface area contributed by atoms with E-state index in [4.69, 9.17) is 4.74 Å². The molecule has 0 aliphatic carbocycles. The molecular weight excluding hydrogens is 354 g/mol. The van der Waals surface area contributed by atoms with Crippen molar-refractivity contribution >= 4 is 33.6 Å². The number of anilines is 1. The van der Waals surface area contributed by atoms with Crippen LogP contribution in [0.5, 0.6) is 5.75 Å². The van der Waals surface area contributed by atoms with Crippen molar-refractivity contribution in [2.45, 2.75) is 20.8 Å². The fourth-order valence-electron chi connectivity index (χ4n) is 2.42. The Kier molecular flexibility index (Phi) is 5.61. The van der Waals surface area contributed by atoms with E-state index in [0.717, 1.165) is 38.2 Å². The maximum absolute atomic E-state index is 12.1. The van der Waals surface area contributed by atoms with Gasteiger partial charge in [-0.2, -0.15) is 0 Å². The normalized spacial score (nSPS) is 10.8. The predicted molar refractivity (Wildman–Crippen MR) is 99.0 cm³/mol. The molecule has 0 aliphatic rings. The van der Waals surface area contributed by atoms with Crippen LogP contribution in [0.3, 0.4) is 0 Å². The van der Waals surface area contributed by atoms with Crippen LogP contribution in [0.15, 0.2) is 40.9 Å². The zero-order chi connectivity index (χ0) is 17.0. The molecule has 23 heavy (non-hydrogen) atoms. The molecule has 1 amide bonds. The van der Waals surface area contributed by atoms with Gasteiger partial charge < -0.3 is 10.1 Å². The summed E-state index contributed by atoms with van der Waals surface area (Å²) in [6.45, 7) is 5.97. The molecule has 0 radical (unpaired) electrons. The molecule has 0 spiro atoms. The zero-order valence-electron chi connectivity index (χ0n) is 13.7. The lowest BCUT2D eigenvalue weighted by atomic mass is 10.0. The topological polar surface area (TPSA) is 38.3 Å². The second kappa shape index (κ2) is 7.47. The highest BCUT2D eigenvalue weighted by Gasteiger charge is 2.05. The minimum atomic E-state index is -0.148. The van der Waals surface area contributed by atoms with E-state index in [1.165, 1.54) is 0 Å². The summed E-state index contributed by atoms with van der Waals surface area (Å²) >= 11 is 3.41. The van der Waals surface area contributed by atoms with Gasteiger partial charge in [-0.1, -0.05) is 15.9 Å². The molecule has 0 fully saturated rings. The number of nitrogens with one attached hydrogen (secondary N) is 1.